The van der Waals surface area contributed by atoms with E-state index in [-0.39, 0.29) is 0 Å². The molecule has 1 nitrogen and oxygen atoms in total. The molecule has 1 aliphatic rings. The van der Waals surface area contributed by atoms with Crippen molar-refractivity contribution in [3.05, 3.63) is 36.0 Å². The molecule has 1 heteroatoms. The Morgan fingerprint density at radius 3 is 2.54 bits per heavy atom. The predicted molar refractivity (Wildman–Crippen MR) is 58.8 cm³/mol. The Morgan fingerprint density at radius 1 is 1.31 bits per heavy atom. The molecule has 0 bridgehead atoms. The van der Waals surface area contributed by atoms with Gasteiger partial charge in [-0.05, 0) is 24.5 Å². The van der Waals surface area contributed by atoms with Gasteiger partial charge in [0.05, 0.1) is 13.2 Å². The molecule has 0 spiro atoms. The zero-order valence-electron chi connectivity index (χ0n) is 8.97. The first-order valence-electron chi connectivity index (χ1n) is 4.93. The van der Waals surface area contributed by atoms with Gasteiger partial charge in [-0.2, -0.15) is 0 Å². The molecular formula is C12H20O. The molecule has 0 aromatic carbocycles. The van der Waals surface area contributed by atoms with E-state index in [1.165, 1.54) is 11.1 Å². The van der Waals surface area contributed by atoms with Gasteiger partial charge in [-0.15, -0.1) is 0 Å². The van der Waals surface area contributed by atoms with Crippen LogP contribution in [0, 0.1) is 0 Å². The van der Waals surface area contributed by atoms with Crippen LogP contribution in [0.2, 0.25) is 0 Å². The summed E-state index contributed by atoms with van der Waals surface area (Å²) in [7, 11) is 0. The Balaban J connectivity index is 0.000000671. The summed E-state index contributed by atoms with van der Waals surface area (Å²) in [6.07, 6.45) is 7.02. The third kappa shape index (κ3) is 4.09. The van der Waals surface area contributed by atoms with Gasteiger partial charge in [0.2, 0.25) is 0 Å². The summed E-state index contributed by atoms with van der Waals surface area (Å²) in [5.74, 6) is 0. The Kier molecular flexibility index (Phi) is 7.32. The van der Waals surface area contributed by atoms with Crippen LogP contribution in [-0.2, 0) is 4.74 Å². The lowest BCUT2D eigenvalue weighted by atomic mass is 10.0. The first-order chi connectivity index (χ1) is 6.38. The van der Waals surface area contributed by atoms with E-state index in [9.17, 15) is 0 Å². The lowest BCUT2D eigenvalue weighted by molar-refractivity contribution is 0.146. The molecule has 74 valence electrons. The third-order valence-electron chi connectivity index (χ3n) is 1.85. The van der Waals surface area contributed by atoms with E-state index in [2.05, 4.69) is 19.6 Å². The topological polar surface area (TPSA) is 9.23 Å². The number of hydrogen-bond donors (Lipinski definition) is 0. The summed E-state index contributed by atoms with van der Waals surface area (Å²) in [5.41, 5.74) is 2.67. The van der Waals surface area contributed by atoms with E-state index in [1.54, 1.807) is 0 Å². The summed E-state index contributed by atoms with van der Waals surface area (Å²) in [4.78, 5) is 0. The summed E-state index contributed by atoms with van der Waals surface area (Å²) < 4.78 is 5.31. The zero-order chi connectivity index (χ0) is 10.1. The maximum Gasteiger partial charge on any atom is 0.0719 e. The predicted octanol–water partition coefficient (Wildman–Crippen LogP) is 3.49. The van der Waals surface area contributed by atoms with Crippen molar-refractivity contribution in [3.8, 4) is 0 Å². The number of rotatable bonds is 1. The van der Waals surface area contributed by atoms with Crippen LogP contribution in [0.1, 0.15) is 27.2 Å². The third-order valence-corrected chi connectivity index (χ3v) is 1.85. The molecule has 0 unspecified atom stereocenters. The van der Waals surface area contributed by atoms with Crippen LogP contribution >= 0.6 is 0 Å². The fourth-order valence-corrected chi connectivity index (χ4v) is 1.24. The van der Waals surface area contributed by atoms with Crippen molar-refractivity contribution < 1.29 is 4.74 Å². The van der Waals surface area contributed by atoms with Crippen LogP contribution in [-0.4, -0.2) is 13.2 Å². The molecule has 0 aromatic rings. The van der Waals surface area contributed by atoms with E-state index in [1.807, 2.05) is 26.0 Å². The molecule has 0 atom stereocenters. The number of allylic oxidation sites excluding steroid dienone is 3. The van der Waals surface area contributed by atoms with Crippen LogP contribution in [0.3, 0.4) is 0 Å². The average molecular weight is 180 g/mol. The molecule has 0 radical (unpaired) electrons. The van der Waals surface area contributed by atoms with E-state index in [0.29, 0.717) is 0 Å². The first-order valence-corrected chi connectivity index (χ1v) is 4.93. The molecule has 13 heavy (non-hydrogen) atoms. The highest BCUT2D eigenvalue weighted by Crippen LogP contribution is 2.19. The quantitative estimate of drug-likeness (QED) is 0.600. The summed E-state index contributed by atoms with van der Waals surface area (Å²) >= 11 is 0. The second kappa shape index (κ2) is 7.81. The van der Waals surface area contributed by atoms with E-state index >= 15 is 0 Å². The van der Waals surface area contributed by atoms with Crippen molar-refractivity contribution >= 4 is 0 Å². The number of ether oxygens (including phenoxy) is 1. The molecule has 1 rings (SSSR count). The van der Waals surface area contributed by atoms with Crippen molar-refractivity contribution in [2.45, 2.75) is 27.2 Å². The molecular weight excluding hydrogens is 160 g/mol. The Hall–Kier alpha value is -0.820. The van der Waals surface area contributed by atoms with Gasteiger partial charge in [0.25, 0.3) is 0 Å². The van der Waals surface area contributed by atoms with Crippen molar-refractivity contribution in [3.63, 3.8) is 0 Å². The van der Waals surface area contributed by atoms with Gasteiger partial charge in [0.15, 0.2) is 0 Å². The zero-order valence-corrected chi connectivity index (χ0v) is 8.97. The highest BCUT2D eigenvalue weighted by Gasteiger charge is 2.09. The summed E-state index contributed by atoms with van der Waals surface area (Å²) in [6, 6.07) is 0. The van der Waals surface area contributed by atoms with Gasteiger partial charge in [0, 0.05) is 0 Å². The van der Waals surface area contributed by atoms with Crippen LogP contribution in [0.4, 0.5) is 0 Å². The Bertz CT molecular complexity index is 199. The van der Waals surface area contributed by atoms with Gasteiger partial charge >= 0.3 is 0 Å². The molecule has 0 amide bonds. The maximum atomic E-state index is 5.31. The Labute approximate surface area is 81.8 Å². The minimum absolute atomic E-state index is 0.742. The Morgan fingerprint density at radius 2 is 2.00 bits per heavy atom. The van der Waals surface area contributed by atoms with Crippen molar-refractivity contribution in [2.24, 2.45) is 0 Å². The van der Waals surface area contributed by atoms with Crippen molar-refractivity contribution in [1.82, 2.24) is 0 Å². The van der Waals surface area contributed by atoms with E-state index in [4.69, 9.17) is 4.74 Å². The van der Waals surface area contributed by atoms with Gasteiger partial charge in [-0.25, -0.2) is 0 Å². The van der Waals surface area contributed by atoms with Gasteiger partial charge in [0.1, 0.15) is 0 Å². The van der Waals surface area contributed by atoms with Crippen LogP contribution in [0.15, 0.2) is 36.0 Å². The summed E-state index contributed by atoms with van der Waals surface area (Å²) in [6.45, 7) is 11.3. The molecule has 1 heterocycles. The molecule has 0 saturated carbocycles. The molecule has 0 aliphatic carbocycles. The molecule has 1 fully saturated rings. The standard InChI is InChI=1S/C10H14O.C2H6/c1-3-5-10-8-11-7-6-9(10)4-2;1-2/h3-5H,1,6-8H2,2H3;1-2H3/b9-4-,10-5-;. The molecule has 1 aliphatic heterocycles. The minimum atomic E-state index is 0.742. The second-order valence-electron chi connectivity index (χ2n) is 2.54. The normalized spacial score (nSPS) is 22.4. The van der Waals surface area contributed by atoms with Crippen LogP contribution in [0.5, 0.6) is 0 Å². The summed E-state index contributed by atoms with van der Waals surface area (Å²) in [5, 5.41) is 0. The van der Waals surface area contributed by atoms with Crippen LogP contribution in [0.25, 0.3) is 0 Å². The maximum absolute atomic E-state index is 5.31. The lowest BCUT2D eigenvalue weighted by Crippen LogP contribution is -2.10. The van der Waals surface area contributed by atoms with Gasteiger partial charge in [-0.3, -0.25) is 0 Å². The molecule has 0 N–H and O–H groups in total. The lowest BCUT2D eigenvalue weighted by Gasteiger charge is -2.17. The highest BCUT2D eigenvalue weighted by molar-refractivity contribution is 5.34. The number of hydrogen-bond acceptors (Lipinski definition) is 1. The minimum Gasteiger partial charge on any atom is -0.376 e. The molecule has 1 saturated heterocycles. The fourth-order valence-electron chi connectivity index (χ4n) is 1.24. The van der Waals surface area contributed by atoms with Crippen molar-refractivity contribution in [1.29, 1.82) is 0 Å². The fraction of sp³-hybridized carbons (Fsp3) is 0.500. The second-order valence-corrected chi connectivity index (χ2v) is 2.54. The largest absolute Gasteiger partial charge is 0.376 e. The van der Waals surface area contributed by atoms with E-state index in [0.717, 1.165) is 19.6 Å². The molecule has 0 aromatic heterocycles. The first kappa shape index (κ1) is 12.2. The van der Waals surface area contributed by atoms with Gasteiger partial charge < -0.3 is 4.74 Å². The van der Waals surface area contributed by atoms with Crippen LogP contribution < -0.4 is 0 Å². The van der Waals surface area contributed by atoms with Gasteiger partial charge in [-0.1, -0.05) is 38.7 Å². The highest BCUT2D eigenvalue weighted by atomic mass is 16.5. The van der Waals surface area contributed by atoms with Crippen molar-refractivity contribution in [2.75, 3.05) is 13.2 Å². The smallest absolute Gasteiger partial charge is 0.0719 e. The SMILES string of the molecule is C=C/C=C1/COCC/C1=C/C.CC. The monoisotopic (exact) mass is 180 g/mol. The average Bonchev–Trinajstić information content (AvgIpc) is 2.22. The van der Waals surface area contributed by atoms with E-state index < -0.39 is 0 Å².